The molecule has 82 heavy (non-hydrogen) atoms. The normalized spacial score (nSPS) is 34.2. The Morgan fingerprint density at radius 1 is 0.963 bits per heavy atom. The van der Waals surface area contributed by atoms with Gasteiger partial charge in [0.15, 0.2) is 12.3 Å². The number of piperidine rings is 1. The van der Waals surface area contributed by atoms with Gasteiger partial charge in [-0.25, -0.2) is 9.59 Å². The SMILES string of the molecule is CC[C@]1(O)C[C@H]2C[N@](CCc3c([nH]c4ccccc34)[C@@](C(=O)OC)(c3cc4c(cc3OC)N(C=O)[C@H]3[C@@](O)(C(=O)OC)[C@H](OC(C)=O)[C@]5(CC)C=CCN6CC[C@]43[C@@H]65)C2)C1.Nc1ccn([C@@H]2O[C@H](CO)[C@@H](O)[C@@H]2O)c(=O)n1.O=S(=O)(O)O. The van der Waals surface area contributed by atoms with Crippen molar-refractivity contribution < 1.29 is 85.9 Å². The number of esters is 3. The summed E-state index contributed by atoms with van der Waals surface area (Å²) in [5.74, 6) is -2.01. The highest BCUT2D eigenvalue weighted by Gasteiger charge is 2.81. The van der Waals surface area contributed by atoms with Gasteiger partial charge in [-0.1, -0.05) is 44.2 Å². The van der Waals surface area contributed by atoms with Gasteiger partial charge in [-0.3, -0.25) is 37.9 Å². The number of aromatic amines is 1. The summed E-state index contributed by atoms with van der Waals surface area (Å²) >= 11 is 0. The van der Waals surface area contributed by atoms with Gasteiger partial charge in [0.05, 0.1) is 45.3 Å². The van der Waals surface area contributed by atoms with Crippen LogP contribution in [0.15, 0.2) is 65.6 Å². The Balaban J connectivity index is 0.000000308. The standard InChI is InChI=1S/C46H56N4O10.C9H13N3O5.H2O4S/c1-7-42(55)22-28-23-45(40(53)58-5,36-30(14-18-48(24-28)25-42)29-12-9-10-13-33(29)47-36)32-20-31-34(21-35(32)57-4)50(26-51)38-44(31)16-19-49-17-11-15-43(8-2,37(44)49)39(60-27(3)52)46(38,56)41(54)59-6;10-5-1-2-12(9(16)11-5)8-7(15)6(14)4(3-13)17-8;1-5(2,3)4/h9-13,15,20-21,26,28,37-39,47,55-56H,7-8,14,16-19,22-25H2,1-6H3;1-2,4,6-8,13-15H,3H2,(H2,10,11,16);(H2,1,2,3,4)/t28-,37+,38-,39-,42+,43-,44-,45+,46+;4-,6-,7+,8-;/m11./s1. The van der Waals surface area contributed by atoms with Crippen molar-refractivity contribution in [3.63, 3.8) is 0 Å². The summed E-state index contributed by atoms with van der Waals surface area (Å²) in [6.45, 7) is 7.71. The van der Waals surface area contributed by atoms with Crippen LogP contribution in [0.5, 0.6) is 5.75 Å². The van der Waals surface area contributed by atoms with E-state index in [2.05, 4.69) is 25.8 Å². The molecule has 446 valence electrons. The third kappa shape index (κ3) is 9.65. The lowest BCUT2D eigenvalue weighted by Gasteiger charge is -2.63. The number of carbonyl (C=O) groups excluding carboxylic acids is 4. The molecule has 3 saturated heterocycles. The summed E-state index contributed by atoms with van der Waals surface area (Å²) in [5.41, 5.74) is 1.48. The maximum absolute atomic E-state index is 15.3. The van der Waals surface area contributed by atoms with Crippen LogP contribution in [0, 0.1) is 11.3 Å². The van der Waals surface area contributed by atoms with E-state index in [1.807, 2.05) is 50.3 Å². The van der Waals surface area contributed by atoms with Crippen molar-refractivity contribution in [2.45, 2.75) is 124 Å². The van der Waals surface area contributed by atoms with E-state index in [9.17, 15) is 39.6 Å². The van der Waals surface area contributed by atoms with Gasteiger partial charge in [-0.05, 0) is 80.3 Å². The quantitative estimate of drug-likeness (QED) is 0.0339. The molecule has 14 atom stereocenters. The van der Waals surface area contributed by atoms with Crippen LogP contribution in [0.25, 0.3) is 10.9 Å². The largest absolute Gasteiger partial charge is 0.496 e. The van der Waals surface area contributed by atoms with Crippen LogP contribution >= 0.6 is 0 Å². The number of ether oxygens (including phenoxy) is 5. The minimum atomic E-state index is -4.67. The fourth-order valence-corrected chi connectivity index (χ4v) is 15.1. The zero-order chi connectivity index (χ0) is 59.6. The fraction of sp³-hybridized carbons (Fsp3) is 0.564. The Morgan fingerprint density at radius 3 is 2.28 bits per heavy atom. The average molecular weight is 1170 g/mol. The molecule has 2 bridgehead atoms. The number of nitrogens with one attached hydrogen (secondary N) is 1. The van der Waals surface area contributed by atoms with Crippen molar-refractivity contribution in [2.24, 2.45) is 11.3 Å². The molecule has 27 heteroatoms. The van der Waals surface area contributed by atoms with Crippen molar-refractivity contribution in [2.75, 3.05) is 71.3 Å². The number of methoxy groups -OCH3 is 3. The predicted molar refractivity (Wildman–Crippen MR) is 291 cm³/mol. The number of carbonyl (C=O) groups is 4. The molecule has 1 spiro atoms. The first kappa shape index (κ1) is 60.2. The minimum Gasteiger partial charge on any atom is -0.496 e. The third-order valence-electron chi connectivity index (χ3n) is 18.1. The first-order valence-electron chi connectivity index (χ1n) is 27.0. The molecule has 1 aliphatic carbocycles. The molecular formula is C55H71N7O19S. The van der Waals surface area contributed by atoms with Gasteiger partial charge in [0.1, 0.15) is 35.3 Å². The van der Waals surface area contributed by atoms with E-state index in [1.54, 1.807) is 6.07 Å². The summed E-state index contributed by atoms with van der Waals surface area (Å²) in [7, 11) is -0.577. The van der Waals surface area contributed by atoms with Crippen molar-refractivity contribution in [1.82, 2.24) is 24.3 Å². The predicted octanol–water partition coefficient (Wildman–Crippen LogP) is 0.302. The monoisotopic (exact) mass is 1170 g/mol. The summed E-state index contributed by atoms with van der Waals surface area (Å²) in [6, 6.07) is 11.3. The molecule has 0 radical (unpaired) electrons. The van der Waals surface area contributed by atoms with Gasteiger partial charge >= 0.3 is 34.0 Å². The summed E-state index contributed by atoms with van der Waals surface area (Å²) in [6.07, 6.45) is 2.57. The molecular weight excluding hydrogens is 1090 g/mol. The number of aliphatic hydroxyl groups is 5. The van der Waals surface area contributed by atoms with Crippen LogP contribution in [0.4, 0.5) is 11.5 Å². The molecule has 2 aromatic heterocycles. The Bertz CT molecular complexity index is 3330. The van der Waals surface area contributed by atoms with Crippen molar-refractivity contribution in [3.05, 3.63) is 93.7 Å². The lowest BCUT2D eigenvalue weighted by atomic mass is 9.47. The number of amides is 1. The number of benzene rings is 2. The Labute approximate surface area is 471 Å². The highest BCUT2D eigenvalue weighted by Crippen LogP contribution is 2.68. The van der Waals surface area contributed by atoms with Crippen molar-refractivity contribution >= 4 is 57.1 Å². The molecule has 26 nitrogen and oxygen atoms in total. The molecule has 2 aromatic carbocycles. The number of aromatic nitrogens is 3. The van der Waals surface area contributed by atoms with Crippen molar-refractivity contribution in [1.29, 1.82) is 0 Å². The molecule has 1 amide bonds. The smallest absolute Gasteiger partial charge is 0.394 e. The number of hydrogen-bond acceptors (Lipinski definition) is 21. The van der Waals surface area contributed by atoms with E-state index < -0.39 is 111 Å². The Morgan fingerprint density at radius 2 is 1.67 bits per heavy atom. The van der Waals surface area contributed by atoms with Crippen LogP contribution in [-0.2, 0) is 65.8 Å². The summed E-state index contributed by atoms with van der Waals surface area (Å²) in [4.78, 5) is 81.1. The van der Waals surface area contributed by atoms with Gasteiger partial charge in [0, 0.05) is 84.4 Å². The topological polar surface area (TPSA) is 377 Å². The zero-order valence-electron chi connectivity index (χ0n) is 46.2. The zero-order valence-corrected chi connectivity index (χ0v) is 47.0. The number of anilines is 2. The third-order valence-corrected chi connectivity index (χ3v) is 18.1. The van der Waals surface area contributed by atoms with E-state index in [0.717, 1.165) is 21.0 Å². The van der Waals surface area contributed by atoms with Gasteiger partial charge in [0.25, 0.3) is 0 Å². The fourth-order valence-electron chi connectivity index (χ4n) is 15.1. The molecule has 10 N–H and O–H groups in total. The molecule has 1 saturated carbocycles. The second kappa shape index (κ2) is 22.3. The van der Waals surface area contributed by atoms with Crippen LogP contribution in [0.1, 0.15) is 81.5 Å². The second-order valence-electron chi connectivity index (χ2n) is 22.3. The molecule has 7 aliphatic rings. The molecule has 4 fully saturated rings. The van der Waals surface area contributed by atoms with Gasteiger partial charge < -0.3 is 64.8 Å². The number of aliphatic hydroxyl groups excluding tert-OH is 3. The van der Waals surface area contributed by atoms with E-state index in [-0.39, 0.29) is 18.2 Å². The van der Waals surface area contributed by atoms with Crippen LogP contribution in [-0.4, -0.2) is 200 Å². The molecule has 4 aromatic rings. The van der Waals surface area contributed by atoms with Gasteiger partial charge in [-0.15, -0.1) is 0 Å². The van der Waals surface area contributed by atoms with Crippen molar-refractivity contribution in [3.8, 4) is 5.75 Å². The lowest BCUT2D eigenvalue weighted by molar-refractivity contribution is -0.228. The lowest BCUT2D eigenvalue weighted by Crippen LogP contribution is -2.81. The molecule has 8 heterocycles. The van der Waals surface area contributed by atoms with E-state index in [0.29, 0.717) is 99.5 Å². The van der Waals surface area contributed by atoms with E-state index in [1.165, 1.54) is 45.4 Å². The van der Waals surface area contributed by atoms with E-state index >= 15 is 4.79 Å². The number of hydrogen-bond donors (Lipinski definition) is 9. The van der Waals surface area contributed by atoms with Gasteiger partial charge in [-0.2, -0.15) is 13.4 Å². The highest BCUT2D eigenvalue weighted by molar-refractivity contribution is 7.79. The van der Waals surface area contributed by atoms with Gasteiger partial charge in [0.2, 0.25) is 12.0 Å². The average Bonchev–Trinajstić information content (AvgIpc) is 1.76. The van der Waals surface area contributed by atoms with E-state index in [4.69, 9.17) is 52.0 Å². The second-order valence-corrected chi connectivity index (χ2v) is 23.2. The minimum absolute atomic E-state index is 0.0537. The number of fused-ring (bicyclic) bond motifs is 6. The van der Waals surface area contributed by atoms with Crippen LogP contribution < -0.4 is 21.1 Å². The first-order chi connectivity index (χ1) is 38.8. The Kier molecular flexibility index (Phi) is 16.4. The highest BCUT2D eigenvalue weighted by atomic mass is 32.3. The number of H-pyrrole nitrogens is 1. The summed E-state index contributed by atoms with van der Waals surface area (Å²) in [5, 5.41) is 54.4. The number of para-hydroxylation sites is 1. The maximum atomic E-state index is 15.3. The number of nitrogen functional groups attached to an aromatic ring is 1. The molecule has 0 unspecified atom stereocenters. The number of nitrogens with zero attached hydrogens (tertiary/aromatic N) is 5. The number of rotatable bonds is 10. The van der Waals surface area contributed by atoms with Crippen LogP contribution in [0.2, 0.25) is 0 Å². The van der Waals surface area contributed by atoms with Crippen LogP contribution in [0.3, 0.4) is 0 Å². The molecule has 11 rings (SSSR count). The Hall–Kier alpha value is -6.37. The summed E-state index contributed by atoms with van der Waals surface area (Å²) < 4.78 is 61.5. The first-order valence-corrected chi connectivity index (χ1v) is 28.4. The number of nitrogens with two attached hydrogens (primary N) is 1. The maximum Gasteiger partial charge on any atom is 0.394 e. The molecule has 6 aliphatic heterocycles.